The van der Waals surface area contributed by atoms with Crippen molar-refractivity contribution in [2.45, 2.75) is 6.92 Å². The van der Waals surface area contributed by atoms with Gasteiger partial charge in [0.1, 0.15) is 0 Å². The molecule has 16 heavy (non-hydrogen) atoms. The monoisotopic (exact) mass is 255 g/mol. The minimum Gasteiger partial charge on any atom is 0 e. The first-order valence-electron chi connectivity index (χ1n) is 3.52. The molecule has 1 aromatic rings. The second kappa shape index (κ2) is 23.5. The molecule has 1 N–H and O–H groups in total. The zero-order valence-electron chi connectivity index (χ0n) is 8.52. The first-order valence-corrected chi connectivity index (χ1v) is 3.52. The third-order valence-corrected chi connectivity index (χ3v) is 1.34. The van der Waals surface area contributed by atoms with E-state index < -0.39 is 0 Å². The first-order chi connectivity index (χ1) is 7.34. The number of rotatable bonds is 1. The minimum atomic E-state index is 0. The molecule has 82 valence electrons. The molecule has 1 rings (SSSR count). The number of hydrogen-bond donors (Lipinski definition) is 1. The van der Waals surface area contributed by atoms with Crippen molar-refractivity contribution in [3.63, 3.8) is 0 Å². The summed E-state index contributed by atoms with van der Waals surface area (Å²) in [5, 5.41) is 6.96. The fourth-order valence-electron chi connectivity index (χ4n) is 0.749. The van der Waals surface area contributed by atoms with Crippen LogP contribution in [-0.2, 0) is 31.3 Å². The number of hydrogen-bond acceptors (Lipinski definition) is 1. The van der Waals surface area contributed by atoms with Crippen molar-refractivity contribution in [1.29, 1.82) is 5.41 Å². The Bertz CT molecular complexity index is 317. The van der Waals surface area contributed by atoms with Crippen molar-refractivity contribution in [2.24, 2.45) is 0 Å². The maximum absolute atomic E-state index is 7.50. The Kier molecular flexibility index (Phi) is 35.3. The fraction of sp³-hybridized carbons (Fsp3) is 0.0909. The summed E-state index contributed by atoms with van der Waals surface area (Å²) in [6.45, 7) is 15.5. The van der Waals surface area contributed by atoms with Gasteiger partial charge in [0.15, 0.2) is 0 Å². The molecule has 0 aromatic heterocycles. The molecule has 0 atom stereocenters. The molecule has 0 aliphatic carbocycles. The van der Waals surface area contributed by atoms with Crippen LogP contribution in [0.1, 0.15) is 11.1 Å². The Labute approximate surface area is 105 Å². The summed E-state index contributed by atoms with van der Waals surface area (Å²) in [5.41, 5.74) is 2.16. The van der Waals surface area contributed by atoms with Gasteiger partial charge in [-0.05, 0) is 18.1 Å². The van der Waals surface area contributed by atoms with Crippen LogP contribution < -0.4 is 0 Å². The Hall–Kier alpha value is -1.36. The Balaban J connectivity index is -0.0000000900. The fourth-order valence-corrected chi connectivity index (χ4v) is 0.749. The van der Waals surface area contributed by atoms with Crippen LogP contribution in [0.25, 0.3) is 0 Å². The molecule has 0 amide bonds. The molecule has 0 heterocycles. The van der Waals surface area contributed by atoms with Gasteiger partial charge in [-0.3, -0.25) is 0 Å². The van der Waals surface area contributed by atoms with Crippen LogP contribution >= 0.6 is 0 Å². The number of aryl methyl sites for hydroxylation is 1. The molecule has 1 aromatic carbocycles. The van der Waals surface area contributed by atoms with Crippen LogP contribution in [-0.4, -0.2) is 6.21 Å². The topological polar surface area (TPSA) is 83.5 Å². The van der Waals surface area contributed by atoms with Crippen molar-refractivity contribution in [3.8, 4) is 0 Å². The van der Waals surface area contributed by atoms with E-state index in [0.717, 1.165) is 11.1 Å². The normalized spacial score (nSPS) is 5.44. The SMILES string of the molecule is Cc1ccccc1C=N.[C-]#[O+].[C-]#[O+].[C-]#[O+].[Cr]. The van der Waals surface area contributed by atoms with E-state index in [1.54, 1.807) is 0 Å². The zero-order chi connectivity index (χ0) is 12.7. The van der Waals surface area contributed by atoms with Gasteiger partial charge >= 0.3 is 33.9 Å². The molecule has 5 heteroatoms. The van der Waals surface area contributed by atoms with Gasteiger partial charge in [-0.2, -0.15) is 0 Å². The molecule has 0 aliphatic rings. The molecule has 0 saturated heterocycles. The van der Waals surface area contributed by atoms with E-state index >= 15 is 0 Å². The third kappa shape index (κ3) is 12.6. The van der Waals surface area contributed by atoms with E-state index in [1.807, 2.05) is 31.2 Å². The van der Waals surface area contributed by atoms with E-state index in [1.165, 1.54) is 6.21 Å². The summed E-state index contributed by atoms with van der Waals surface area (Å²) in [4.78, 5) is 0. The predicted molar refractivity (Wildman–Crippen MR) is 50.9 cm³/mol. The van der Waals surface area contributed by atoms with Crippen molar-refractivity contribution in [3.05, 3.63) is 55.3 Å². The zero-order valence-corrected chi connectivity index (χ0v) is 9.79. The van der Waals surface area contributed by atoms with E-state index in [4.69, 9.17) is 19.4 Å². The van der Waals surface area contributed by atoms with E-state index in [2.05, 4.69) is 20.0 Å². The molecule has 0 unspecified atom stereocenters. The van der Waals surface area contributed by atoms with Gasteiger partial charge in [0.25, 0.3) is 0 Å². The summed E-state index contributed by atoms with van der Waals surface area (Å²) >= 11 is 0. The van der Waals surface area contributed by atoms with E-state index in [9.17, 15) is 0 Å². The molecule has 4 nitrogen and oxygen atoms in total. The van der Waals surface area contributed by atoms with Crippen molar-refractivity contribution >= 4 is 6.21 Å². The van der Waals surface area contributed by atoms with Crippen LogP contribution in [0.2, 0.25) is 0 Å². The third-order valence-electron chi connectivity index (χ3n) is 1.34. The number of benzene rings is 1. The van der Waals surface area contributed by atoms with Gasteiger partial charge in [-0.15, -0.1) is 0 Å². The molecule has 0 saturated carbocycles. The summed E-state index contributed by atoms with van der Waals surface area (Å²) in [6, 6.07) is 7.85. The quantitative estimate of drug-likeness (QED) is 0.451. The summed E-state index contributed by atoms with van der Waals surface area (Å²) in [6.07, 6.45) is 1.37. The van der Waals surface area contributed by atoms with Gasteiger partial charge < -0.3 is 5.41 Å². The molecule has 0 spiro atoms. The minimum absolute atomic E-state index is 0. The van der Waals surface area contributed by atoms with Crippen LogP contribution in [0.15, 0.2) is 24.3 Å². The van der Waals surface area contributed by atoms with Gasteiger partial charge in [0.2, 0.25) is 0 Å². The maximum Gasteiger partial charge on any atom is 0 e. The van der Waals surface area contributed by atoms with Gasteiger partial charge in [-0.25, -0.2) is 0 Å². The molecule has 0 radical (unpaired) electrons. The molecule has 0 bridgehead atoms. The van der Waals surface area contributed by atoms with Crippen LogP contribution in [0, 0.1) is 32.3 Å². The Morgan fingerprint density at radius 2 is 1.38 bits per heavy atom. The number of nitrogens with one attached hydrogen (secondary N) is 1. The van der Waals surface area contributed by atoms with Gasteiger partial charge in [-0.1, -0.05) is 24.3 Å². The molecule has 0 aliphatic heterocycles. The Morgan fingerprint density at radius 3 is 1.62 bits per heavy atom. The first kappa shape index (κ1) is 24.1. The standard InChI is InChI=1S/C8H9N.3CO.Cr/c1-7-4-2-3-5-8(7)6-9;3*1-2;/h2-6,9H,1H3;;;;. The summed E-state index contributed by atoms with van der Waals surface area (Å²) in [5.74, 6) is 0. The summed E-state index contributed by atoms with van der Waals surface area (Å²) in [7, 11) is 0. The molecule has 0 fully saturated rings. The van der Waals surface area contributed by atoms with Gasteiger partial charge in [0, 0.05) is 23.6 Å². The van der Waals surface area contributed by atoms with Crippen molar-refractivity contribution < 1.29 is 31.3 Å². The summed E-state index contributed by atoms with van der Waals surface area (Å²) < 4.78 is 22.5. The molecular weight excluding hydrogens is 246 g/mol. The van der Waals surface area contributed by atoms with E-state index in [-0.39, 0.29) is 17.4 Å². The van der Waals surface area contributed by atoms with Crippen LogP contribution in [0.4, 0.5) is 0 Å². The largest absolute Gasteiger partial charge is 0 e. The van der Waals surface area contributed by atoms with Crippen LogP contribution in [0.3, 0.4) is 0 Å². The average molecular weight is 255 g/mol. The van der Waals surface area contributed by atoms with Gasteiger partial charge in [0.05, 0.1) is 0 Å². The Morgan fingerprint density at radius 1 is 1.00 bits per heavy atom. The van der Waals surface area contributed by atoms with E-state index in [0.29, 0.717) is 0 Å². The van der Waals surface area contributed by atoms with Crippen molar-refractivity contribution in [1.82, 2.24) is 0 Å². The van der Waals surface area contributed by atoms with Crippen molar-refractivity contribution in [2.75, 3.05) is 0 Å². The predicted octanol–water partition coefficient (Wildman–Crippen LogP) is 1.88. The maximum atomic E-state index is 7.50. The molecular formula is C11H9CrNO3. The second-order valence-electron chi connectivity index (χ2n) is 2.00. The smallest absolute Gasteiger partial charge is 0 e. The second-order valence-corrected chi connectivity index (χ2v) is 2.00. The van der Waals surface area contributed by atoms with Crippen LogP contribution in [0.5, 0.6) is 0 Å². The average Bonchev–Trinajstić information content (AvgIpc) is 2.37.